The number of carbonyl (C=O) groups is 24. The molecule has 2 saturated carbocycles. The Kier molecular flexibility index (Phi) is 56.5. The minimum absolute atomic E-state index is 0.102. The molecule has 18 unspecified atom stereocenters. The molecule has 2 fully saturated rings. The topological polar surface area (TPSA) is 953 Å². The van der Waals surface area contributed by atoms with Crippen LogP contribution in [0.5, 0.6) is 0 Å². The number of nitrogens with two attached hydrogens (primary N) is 6. The molecule has 135 heavy (non-hydrogen) atoms. The molecule has 0 radical (unpaired) electrons. The van der Waals surface area contributed by atoms with Gasteiger partial charge >= 0.3 is 71.6 Å². The van der Waals surface area contributed by atoms with Crippen molar-refractivity contribution in [2.75, 3.05) is 73.8 Å². The number of aliphatic carboxylic acids is 12. The molecule has 2 rings (SSSR count). The summed E-state index contributed by atoms with van der Waals surface area (Å²) in [7, 11) is 0. The number of thioether (sulfide) groups is 6. The maximum atomic E-state index is 14.4. The van der Waals surface area contributed by atoms with Crippen molar-refractivity contribution in [1.29, 1.82) is 0 Å². The predicted octanol–water partition coefficient (Wildman–Crippen LogP) is -9.15. The van der Waals surface area contributed by atoms with Crippen molar-refractivity contribution in [2.24, 2.45) is 46.2 Å². The number of carboxylic acid groups (broad SMARTS) is 12. The summed E-state index contributed by atoms with van der Waals surface area (Å²) in [6.45, 7) is -6.36. The Bertz CT molecular complexity index is 4150. The summed E-state index contributed by atoms with van der Waals surface area (Å²) in [6.07, 6.45) is -8.15. The summed E-state index contributed by atoms with van der Waals surface area (Å²) < 4.78 is 0. The van der Waals surface area contributed by atoms with Crippen molar-refractivity contribution in [3.63, 3.8) is 0 Å². The average molecular weight is 2040 g/mol. The lowest BCUT2D eigenvalue weighted by Gasteiger charge is -2.30. The van der Waals surface area contributed by atoms with Crippen LogP contribution in [-0.2, 0) is 115 Å². The molecule has 0 aliphatic heterocycles. The smallest absolute Gasteiger partial charge is 0.322 e. The van der Waals surface area contributed by atoms with Gasteiger partial charge in [0.25, 0.3) is 0 Å². The van der Waals surface area contributed by atoms with E-state index in [-0.39, 0.29) is 44.9 Å². The van der Waals surface area contributed by atoms with Gasteiger partial charge in [0.1, 0.15) is 112 Å². The zero-order valence-corrected chi connectivity index (χ0v) is 77.4. The summed E-state index contributed by atoms with van der Waals surface area (Å²) in [5.74, 6) is -36.9. The number of hydrogen-bond acceptors (Lipinski definition) is 36. The van der Waals surface area contributed by atoms with Gasteiger partial charge in [0, 0.05) is 105 Å². The van der Waals surface area contributed by atoms with Crippen LogP contribution in [0.1, 0.15) is 122 Å². The lowest BCUT2D eigenvalue weighted by atomic mass is 9.99. The van der Waals surface area contributed by atoms with Crippen LogP contribution in [0.2, 0.25) is 0 Å². The second kappa shape index (κ2) is 63.5. The van der Waals surface area contributed by atoms with Gasteiger partial charge in [-0.15, -0.1) is 0 Å². The highest BCUT2D eigenvalue weighted by Crippen LogP contribution is 2.60. The van der Waals surface area contributed by atoms with Crippen molar-refractivity contribution in [3.8, 4) is 0 Å². The summed E-state index contributed by atoms with van der Waals surface area (Å²) in [5.41, 5.74) is 34.3. The first-order valence-electron chi connectivity index (χ1n) is 41.6. The molecular formula is C75H118N18O36S6. The Labute approximate surface area is 795 Å². The molecule has 0 spiro atoms. The van der Waals surface area contributed by atoms with Crippen molar-refractivity contribution < 1.29 is 176 Å². The van der Waals surface area contributed by atoms with E-state index in [0.717, 1.165) is 70.6 Å². The van der Waals surface area contributed by atoms with Gasteiger partial charge in [-0.3, -0.25) is 115 Å². The van der Waals surface area contributed by atoms with E-state index < -0.39 is 409 Å². The molecule has 0 bridgehead atoms. The molecule has 2 aliphatic rings. The molecule has 0 heterocycles. The molecule has 0 aromatic carbocycles. The van der Waals surface area contributed by atoms with Crippen LogP contribution in [0.4, 0.5) is 0 Å². The van der Waals surface area contributed by atoms with Crippen molar-refractivity contribution in [2.45, 2.75) is 226 Å². The molecule has 12 amide bonds. The monoisotopic (exact) mass is 2040 g/mol. The van der Waals surface area contributed by atoms with E-state index >= 15 is 0 Å². The normalized spacial score (nSPS) is 19.7. The first-order chi connectivity index (χ1) is 63.3. The zero-order valence-electron chi connectivity index (χ0n) is 72.5. The van der Waals surface area contributed by atoms with Gasteiger partial charge in [0.2, 0.25) is 70.9 Å². The zero-order chi connectivity index (χ0) is 102. The first-order valence-corrected chi connectivity index (χ1v) is 47.9. The Morgan fingerprint density at radius 2 is 0.407 bits per heavy atom. The fourth-order valence-electron chi connectivity index (χ4n) is 12.7. The third-order valence-corrected chi connectivity index (χ3v) is 29.0. The molecule has 760 valence electrons. The number of carboxylic acids is 12. The quantitative estimate of drug-likeness (QED) is 0.0269. The highest BCUT2D eigenvalue weighted by atomic mass is 32.2. The molecule has 54 nitrogen and oxygen atoms in total. The highest BCUT2D eigenvalue weighted by molar-refractivity contribution is 8.02. The van der Waals surface area contributed by atoms with Gasteiger partial charge in [-0.1, -0.05) is 0 Å². The van der Waals surface area contributed by atoms with Gasteiger partial charge in [-0.2, -0.15) is 70.6 Å². The van der Waals surface area contributed by atoms with Crippen LogP contribution >= 0.6 is 70.6 Å². The van der Waals surface area contributed by atoms with Gasteiger partial charge in [0.05, 0.1) is 0 Å². The molecule has 0 aromatic rings. The standard InChI is InChI=1S/C75H118N18O36S6/c76-35(70(118)119)5-13-49(94)88-41(64(112)82-20-55(100)101)26-130-32-1-2-33(131-27-42(65(113)83-21-56(102)103)89-50(95)14-6-36(77)71(120)121)19-34(132-28-43(66(114)84-22-57(104)105)90-51(96)15-7-37(78)72(122)123)4-12-48(134-30-45(68(116)86-24-59(108)109)92-53(98)17-9-39(80)74(126)127)62-61(63(62)135-31-46(69(117)87-25-60(110)111)93-54(99)18-10-40(81)75(128)129)47(11-3-32)133-29-44(67(115)85-23-58(106)107)91-52(97)16-8-38(79)73(124)125/h32-48,61-63H,1-31,76-81H2,(H,82,112)(H,83,113)(H,84,114)(H,85,115)(H,86,116)(H,87,117)(H,88,94)(H,89,95)(H,90,96)(H,91,97)(H,92,98)(H,93,99)(H,100,101)(H,102,103)(H,104,105)(H,106,107)(H,108,109)(H,110,111)(H,118,119)(H,120,121)(H,122,123)(H,124,125)(H,126,127)(H,128,129)/t32-,33+,34?,35?,36?,37?,38?,39?,40?,41?,42?,43?,44?,45?,46?,47?,48?,61?,62?,63?/m0/s1. The fourth-order valence-corrected chi connectivity index (χ4v) is 21.9. The van der Waals surface area contributed by atoms with Gasteiger partial charge in [-0.25, -0.2) is 0 Å². The van der Waals surface area contributed by atoms with E-state index in [1.807, 2.05) is 0 Å². The Morgan fingerprint density at radius 3 is 0.607 bits per heavy atom. The van der Waals surface area contributed by atoms with E-state index in [2.05, 4.69) is 63.8 Å². The summed E-state index contributed by atoms with van der Waals surface area (Å²) >= 11 is 5.44. The second-order valence-electron chi connectivity index (χ2n) is 30.8. The van der Waals surface area contributed by atoms with E-state index in [1.54, 1.807) is 0 Å². The molecule has 2 aliphatic carbocycles. The lowest BCUT2D eigenvalue weighted by Crippen LogP contribution is -2.50. The van der Waals surface area contributed by atoms with Gasteiger partial charge < -0.3 is 159 Å². The molecule has 36 N–H and O–H groups in total. The van der Waals surface area contributed by atoms with Crippen LogP contribution in [0.25, 0.3) is 0 Å². The van der Waals surface area contributed by atoms with Crippen LogP contribution in [0.3, 0.4) is 0 Å². The number of hydrogen-bond donors (Lipinski definition) is 30. The van der Waals surface area contributed by atoms with E-state index in [0.29, 0.717) is 0 Å². The first kappa shape index (κ1) is 120. The van der Waals surface area contributed by atoms with Crippen LogP contribution < -0.4 is 98.2 Å². The summed E-state index contributed by atoms with van der Waals surface area (Å²) in [5, 5.41) is 138. The fraction of sp³-hybridized carbons (Fsp3) is 0.680. The summed E-state index contributed by atoms with van der Waals surface area (Å²) in [6, 6.07) is -20.3. The molecule has 20 atom stereocenters. The Morgan fingerprint density at radius 1 is 0.237 bits per heavy atom. The van der Waals surface area contributed by atoms with Crippen LogP contribution in [-0.4, -0.2) is 382 Å². The minimum atomic E-state index is -1.80. The highest BCUT2D eigenvalue weighted by Gasteiger charge is 2.58. The lowest BCUT2D eigenvalue weighted by molar-refractivity contribution is -0.140. The SMILES string of the molecule is NC(CCC(=O)NC(CSC1CCC(SCC(NC(=O)CCC(N)C(=O)O)C(=O)NCC(=O)O)C2C(SCC(NC(=O)CCC(N)C(=O)O)C(=O)NCC(=O)O)C2C(SCC(NC(=O)CCC(N)C(=O)O)C(=O)NCC(=O)O)CC[C@@H](SCC(NC(=O)CCC(N)C(=O)O)C(=O)NCC(=O)O)CC[C@@H](SCC(NC(=O)CCC(N)C(=O)O)C(=O)NCC(=O)O)C1)C(=O)NCC(=O)O)C(=O)O. The number of nitrogens with one attached hydrogen (secondary N) is 12. The third-order valence-electron chi connectivity index (χ3n) is 20.1. The van der Waals surface area contributed by atoms with E-state index in [9.17, 15) is 176 Å². The maximum Gasteiger partial charge on any atom is 0.322 e. The number of carbonyl (C=O) groups excluding carboxylic acids is 12. The van der Waals surface area contributed by atoms with E-state index in [4.69, 9.17) is 34.4 Å². The Balaban J connectivity index is 3.69. The molecule has 0 aromatic heterocycles. The van der Waals surface area contributed by atoms with Crippen LogP contribution in [0, 0.1) is 11.8 Å². The maximum absolute atomic E-state index is 14.4. The van der Waals surface area contributed by atoms with Gasteiger partial charge in [0.15, 0.2) is 0 Å². The minimum Gasteiger partial charge on any atom is -0.480 e. The molecule has 0 saturated heterocycles. The number of fused-ring (bicyclic) bond motifs is 1. The number of amides is 12. The van der Waals surface area contributed by atoms with Crippen LogP contribution in [0.15, 0.2) is 0 Å². The van der Waals surface area contributed by atoms with E-state index in [1.165, 1.54) is 0 Å². The average Bonchev–Trinajstić information content (AvgIpc) is 1.59. The largest absolute Gasteiger partial charge is 0.480 e. The van der Waals surface area contributed by atoms with Crippen molar-refractivity contribution in [1.82, 2.24) is 63.8 Å². The van der Waals surface area contributed by atoms with Crippen molar-refractivity contribution >= 4 is 213 Å². The molecule has 60 heteroatoms. The van der Waals surface area contributed by atoms with Crippen molar-refractivity contribution in [3.05, 3.63) is 0 Å². The predicted molar refractivity (Wildman–Crippen MR) is 481 cm³/mol. The Hall–Kier alpha value is -10.9. The summed E-state index contributed by atoms with van der Waals surface area (Å²) in [4.78, 5) is 312. The third kappa shape index (κ3) is 51.1. The molecular weight excluding hydrogens is 1920 g/mol. The second-order valence-corrected chi connectivity index (χ2v) is 38.6. The van der Waals surface area contributed by atoms with Gasteiger partial charge in [-0.05, 0) is 95.3 Å². The number of rotatable bonds is 66.